The molecular weight excluding hydrogens is 375 g/mol. The lowest BCUT2D eigenvalue weighted by molar-refractivity contribution is -0.135. The molecule has 1 fully saturated rings. The van der Waals surface area contributed by atoms with E-state index in [1.807, 2.05) is 27.8 Å². The molecule has 0 atom stereocenters. The number of aromatic nitrogens is 5. The van der Waals surface area contributed by atoms with Crippen LogP contribution in [0.4, 0.5) is 4.39 Å². The largest absolute Gasteiger partial charge is 0.378 e. The fraction of sp³-hybridized carbons (Fsp3) is 0.300. The number of rotatable bonds is 4. The topological polar surface area (TPSA) is 77.0 Å². The summed E-state index contributed by atoms with van der Waals surface area (Å²) in [6, 6.07) is 8.12. The lowest BCUT2D eigenvalue weighted by atomic mass is 10.1. The Balaban J connectivity index is 1.41. The van der Waals surface area contributed by atoms with Gasteiger partial charge in [-0.15, -0.1) is 10.2 Å². The highest BCUT2D eigenvalue weighted by Gasteiger charge is 2.18. The monoisotopic (exact) mass is 394 g/mol. The Kier molecular flexibility index (Phi) is 4.44. The number of halogens is 1. The van der Waals surface area contributed by atoms with Gasteiger partial charge in [0.25, 0.3) is 0 Å². The molecule has 8 nitrogen and oxygen atoms in total. The number of benzene rings is 1. The van der Waals surface area contributed by atoms with Crippen LogP contribution in [0.2, 0.25) is 0 Å². The van der Waals surface area contributed by atoms with E-state index in [4.69, 9.17) is 4.74 Å². The number of morpholine rings is 1. The predicted octanol–water partition coefficient (Wildman–Crippen LogP) is 1.97. The van der Waals surface area contributed by atoms with Crippen LogP contribution in [0.25, 0.3) is 22.4 Å². The average molecular weight is 394 g/mol. The highest BCUT2D eigenvalue weighted by Crippen LogP contribution is 2.22. The van der Waals surface area contributed by atoms with E-state index in [2.05, 4.69) is 15.3 Å². The lowest BCUT2D eigenvalue weighted by Crippen LogP contribution is -2.40. The summed E-state index contributed by atoms with van der Waals surface area (Å²) in [5, 5.41) is 13.1. The SMILES string of the molecule is O=C(CCc1nnc2c3cc(-c4ccc(F)cc4)nn3ccn12)N1CCOCC1. The van der Waals surface area contributed by atoms with Crippen LogP contribution in [-0.4, -0.2) is 61.3 Å². The Morgan fingerprint density at radius 3 is 2.69 bits per heavy atom. The van der Waals surface area contributed by atoms with Crippen LogP contribution in [0.15, 0.2) is 42.7 Å². The summed E-state index contributed by atoms with van der Waals surface area (Å²) in [7, 11) is 0. The molecule has 5 rings (SSSR count). The van der Waals surface area contributed by atoms with Crippen LogP contribution < -0.4 is 0 Å². The number of ether oxygens (including phenoxy) is 1. The van der Waals surface area contributed by atoms with E-state index in [1.165, 1.54) is 12.1 Å². The number of hydrogen-bond donors (Lipinski definition) is 0. The van der Waals surface area contributed by atoms with Crippen LogP contribution in [0.3, 0.4) is 0 Å². The van der Waals surface area contributed by atoms with Crippen LogP contribution in [-0.2, 0) is 16.0 Å². The molecule has 4 aromatic rings. The molecule has 0 saturated carbocycles. The van der Waals surface area contributed by atoms with Gasteiger partial charge in [-0.2, -0.15) is 5.10 Å². The summed E-state index contributed by atoms with van der Waals surface area (Å²) in [4.78, 5) is 14.2. The van der Waals surface area contributed by atoms with Crippen molar-refractivity contribution in [3.63, 3.8) is 0 Å². The van der Waals surface area contributed by atoms with Crippen LogP contribution >= 0.6 is 0 Å². The van der Waals surface area contributed by atoms with Crippen LogP contribution in [0.1, 0.15) is 12.2 Å². The van der Waals surface area contributed by atoms with Crippen molar-refractivity contribution in [3.8, 4) is 11.3 Å². The fourth-order valence-electron chi connectivity index (χ4n) is 3.58. The van der Waals surface area contributed by atoms with Crippen molar-refractivity contribution in [1.82, 2.24) is 29.1 Å². The molecule has 0 N–H and O–H groups in total. The van der Waals surface area contributed by atoms with E-state index in [-0.39, 0.29) is 11.7 Å². The molecule has 148 valence electrons. The van der Waals surface area contributed by atoms with Crippen molar-refractivity contribution in [2.45, 2.75) is 12.8 Å². The number of amides is 1. The fourth-order valence-corrected chi connectivity index (χ4v) is 3.58. The Morgan fingerprint density at radius 2 is 1.90 bits per heavy atom. The summed E-state index contributed by atoms with van der Waals surface area (Å²) in [6.45, 7) is 2.47. The first-order valence-corrected chi connectivity index (χ1v) is 9.52. The van der Waals surface area contributed by atoms with Crippen molar-refractivity contribution in [2.24, 2.45) is 0 Å². The quantitative estimate of drug-likeness (QED) is 0.529. The number of carbonyl (C=O) groups is 1. The molecule has 9 heteroatoms. The van der Waals surface area contributed by atoms with Gasteiger partial charge in [0, 0.05) is 43.9 Å². The molecule has 1 saturated heterocycles. The van der Waals surface area contributed by atoms with Gasteiger partial charge in [-0.1, -0.05) is 0 Å². The zero-order valence-electron chi connectivity index (χ0n) is 15.7. The average Bonchev–Trinajstić information content (AvgIpc) is 3.37. The Bertz CT molecular complexity index is 1180. The summed E-state index contributed by atoms with van der Waals surface area (Å²) in [5.41, 5.74) is 3.02. The van der Waals surface area contributed by atoms with E-state index in [9.17, 15) is 9.18 Å². The third-order valence-corrected chi connectivity index (χ3v) is 5.15. The number of aryl methyl sites for hydroxylation is 1. The second kappa shape index (κ2) is 7.25. The van der Waals surface area contributed by atoms with Gasteiger partial charge in [0.05, 0.1) is 18.9 Å². The van der Waals surface area contributed by atoms with Gasteiger partial charge < -0.3 is 9.64 Å². The van der Waals surface area contributed by atoms with Gasteiger partial charge in [0.2, 0.25) is 5.91 Å². The third kappa shape index (κ3) is 3.33. The van der Waals surface area contributed by atoms with Gasteiger partial charge in [-0.05, 0) is 30.3 Å². The molecule has 0 unspecified atom stereocenters. The van der Waals surface area contributed by atoms with E-state index in [0.29, 0.717) is 44.8 Å². The molecule has 1 aromatic carbocycles. The second-order valence-corrected chi connectivity index (χ2v) is 6.97. The first-order valence-electron chi connectivity index (χ1n) is 9.52. The van der Waals surface area contributed by atoms with Gasteiger partial charge in [-0.3, -0.25) is 9.20 Å². The minimum Gasteiger partial charge on any atom is -0.378 e. The van der Waals surface area contributed by atoms with Gasteiger partial charge >= 0.3 is 0 Å². The van der Waals surface area contributed by atoms with Gasteiger partial charge in [-0.25, -0.2) is 8.91 Å². The van der Waals surface area contributed by atoms with E-state index < -0.39 is 0 Å². The minimum absolute atomic E-state index is 0.106. The van der Waals surface area contributed by atoms with Gasteiger partial charge in [0.1, 0.15) is 17.2 Å². The molecule has 1 aliphatic heterocycles. The maximum atomic E-state index is 13.2. The standard InChI is InChI=1S/C20H19FN6O2/c21-15-3-1-14(2-4-15)16-13-17-20-23-22-18(26(20)7-8-27(17)24-16)5-6-19(28)25-9-11-29-12-10-25/h1-4,7-8,13H,5-6,9-12H2. The number of nitrogens with zero attached hydrogens (tertiary/aromatic N) is 6. The van der Waals surface area contributed by atoms with Crippen molar-refractivity contribution in [2.75, 3.05) is 26.3 Å². The highest BCUT2D eigenvalue weighted by molar-refractivity contribution is 5.77. The molecular formula is C20H19FN6O2. The Morgan fingerprint density at radius 1 is 1.10 bits per heavy atom. The molecule has 0 bridgehead atoms. The van der Waals surface area contributed by atoms with Crippen molar-refractivity contribution >= 4 is 17.1 Å². The molecule has 1 amide bonds. The van der Waals surface area contributed by atoms with Crippen LogP contribution in [0.5, 0.6) is 0 Å². The van der Waals surface area contributed by atoms with Crippen molar-refractivity contribution in [1.29, 1.82) is 0 Å². The summed E-state index contributed by atoms with van der Waals surface area (Å²) in [5.74, 6) is 0.552. The second-order valence-electron chi connectivity index (χ2n) is 6.97. The van der Waals surface area contributed by atoms with Crippen molar-refractivity contribution < 1.29 is 13.9 Å². The highest BCUT2D eigenvalue weighted by atomic mass is 19.1. The minimum atomic E-state index is -0.284. The molecule has 0 spiro atoms. The summed E-state index contributed by atoms with van der Waals surface area (Å²) >= 11 is 0. The van der Waals surface area contributed by atoms with Crippen LogP contribution in [0, 0.1) is 5.82 Å². The molecule has 1 aliphatic rings. The maximum absolute atomic E-state index is 13.2. The van der Waals surface area contributed by atoms with Gasteiger partial charge in [0.15, 0.2) is 5.65 Å². The van der Waals surface area contributed by atoms with E-state index in [1.54, 1.807) is 16.6 Å². The Labute approximate surface area is 165 Å². The third-order valence-electron chi connectivity index (χ3n) is 5.15. The molecule has 0 radical (unpaired) electrons. The van der Waals surface area contributed by atoms with Crippen molar-refractivity contribution in [3.05, 3.63) is 54.4 Å². The molecule has 3 aromatic heterocycles. The first kappa shape index (κ1) is 17.7. The Hall–Kier alpha value is -3.33. The normalized spacial score (nSPS) is 14.7. The summed E-state index contributed by atoms with van der Waals surface area (Å²) < 4.78 is 22.1. The smallest absolute Gasteiger partial charge is 0.223 e. The number of hydrogen-bond acceptors (Lipinski definition) is 5. The number of carbonyl (C=O) groups excluding carboxylic acids is 1. The van der Waals surface area contributed by atoms with E-state index >= 15 is 0 Å². The molecule has 0 aliphatic carbocycles. The molecule has 29 heavy (non-hydrogen) atoms. The zero-order chi connectivity index (χ0) is 19.8. The predicted molar refractivity (Wildman–Crippen MR) is 103 cm³/mol. The first-order chi connectivity index (χ1) is 14.2. The van der Waals surface area contributed by atoms with E-state index in [0.717, 1.165) is 22.6 Å². The molecule has 4 heterocycles. The zero-order valence-corrected chi connectivity index (χ0v) is 15.7. The lowest BCUT2D eigenvalue weighted by Gasteiger charge is -2.26. The number of fused-ring (bicyclic) bond motifs is 3. The maximum Gasteiger partial charge on any atom is 0.223 e. The summed E-state index contributed by atoms with van der Waals surface area (Å²) in [6.07, 6.45) is 4.56.